The maximum absolute atomic E-state index is 12.4. The molecule has 0 radical (unpaired) electrons. The minimum atomic E-state index is -0.218. The molecule has 9 heavy (non-hydrogen) atoms. The zero-order valence-electron chi connectivity index (χ0n) is 4.57. The van der Waals surface area contributed by atoms with E-state index < -0.39 is 0 Å². The summed E-state index contributed by atoms with van der Waals surface area (Å²) in [6.07, 6.45) is 0. The summed E-state index contributed by atoms with van der Waals surface area (Å²) >= 11 is 1.89. The van der Waals surface area contributed by atoms with Gasteiger partial charge < -0.3 is 5.73 Å². The first kappa shape index (κ1) is 6.80. The Hall–Kier alpha value is -0.320. The van der Waals surface area contributed by atoms with E-state index in [4.69, 9.17) is 5.73 Å². The third-order valence-corrected chi connectivity index (χ3v) is 1.77. The summed E-state index contributed by atoms with van der Waals surface area (Å²) in [5, 5.41) is 0. The molecule has 1 aromatic carbocycles. The van der Waals surface area contributed by atoms with Crippen LogP contribution in [0.25, 0.3) is 0 Å². The maximum atomic E-state index is 12.4. The predicted octanol–water partition coefficient (Wildman–Crippen LogP) is 2.01. The van der Waals surface area contributed by atoms with E-state index in [1.807, 2.05) is 22.6 Å². The first-order valence-corrected chi connectivity index (χ1v) is 3.48. The largest absolute Gasteiger partial charge is 0.399 e. The van der Waals surface area contributed by atoms with Gasteiger partial charge in [-0.3, -0.25) is 0 Å². The molecule has 0 aliphatic heterocycles. The third-order valence-electron chi connectivity index (χ3n) is 0.944. The van der Waals surface area contributed by atoms with Crippen molar-refractivity contribution in [3.05, 3.63) is 27.6 Å². The Labute approximate surface area is 66.2 Å². The van der Waals surface area contributed by atoms with Gasteiger partial charge in [0.2, 0.25) is 0 Å². The highest BCUT2D eigenvalue weighted by atomic mass is 127. The molecular formula is C6H5FIN. The number of rotatable bonds is 0. The summed E-state index contributed by atoms with van der Waals surface area (Å²) in [6, 6.07) is 4.49. The van der Waals surface area contributed by atoms with E-state index in [1.54, 1.807) is 6.07 Å². The van der Waals surface area contributed by atoms with Crippen molar-refractivity contribution in [2.24, 2.45) is 0 Å². The summed E-state index contributed by atoms with van der Waals surface area (Å²) in [6.45, 7) is 0. The van der Waals surface area contributed by atoms with Crippen LogP contribution < -0.4 is 5.73 Å². The van der Waals surface area contributed by atoms with Crippen molar-refractivity contribution < 1.29 is 4.39 Å². The minimum Gasteiger partial charge on any atom is -0.399 e. The summed E-state index contributed by atoms with van der Waals surface area (Å²) in [4.78, 5) is 0. The number of nitrogen functional groups attached to an aromatic ring is 1. The van der Waals surface area contributed by atoms with Crippen molar-refractivity contribution in [3.8, 4) is 0 Å². The lowest BCUT2D eigenvalue weighted by Gasteiger charge is -1.93. The molecule has 0 saturated heterocycles. The molecule has 2 N–H and O–H groups in total. The van der Waals surface area contributed by atoms with E-state index in [0.717, 1.165) is 0 Å². The van der Waals surface area contributed by atoms with Gasteiger partial charge in [0.05, 0.1) is 3.57 Å². The zero-order chi connectivity index (χ0) is 6.85. The van der Waals surface area contributed by atoms with Crippen molar-refractivity contribution in [1.82, 2.24) is 0 Å². The molecule has 0 atom stereocenters. The monoisotopic (exact) mass is 237 g/mol. The molecule has 0 aliphatic carbocycles. The van der Waals surface area contributed by atoms with Crippen LogP contribution in [0.2, 0.25) is 0 Å². The molecule has 0 saturated carbocycles. The van der Waals surface area contributed by atoms with Gasteiger partial charge in [0.1, 0.15) is 5.82 Å². The van der Waals surface area contributed by atoms with Crippen LogP contribution in [-0.4, -0.2) is 0 Å². The Morgan fingerprint density at radius 3 is 2.56 bits per heavy atom. The smallest absolute Gasteiger partial charge is 0.136 e. The van der Waals surface area contributed by atoms with Crippen LogP contribution in [0, 0.1) is 9.39 Å². The topological polar surface area (TPSA) is 26.0 Å². The van der Waals surface area contributed by atoms with Gasteiger partial charge in [0, 0.05) is 5.69 Å². The van der Waals surface area contributed by atoms with E-state index in [-0.39, 0.29) is 5.82 Å². The summed E-state index contributed by atoms with van der Waals surface area (Å²) in [5.74, 6) is -0.218. The first-order chi connectivity index (χ1) is 4.20. The lowest BCUT2D eigenvalue weighted by molar-refractivity contribution is 0.620. The molecule has 0 amide bonds. The van der Waals surface area contributed by atoms with Gasteiger partial charge in [0.15, 0.2) is 0 Å². The number of nitrogens with two attached hydrogens (primary N) is 1. The highest BCUT2D eigenvalue weighted by Crippen LogP contribution is 2.13. The molecule has 0 fully saturated rings. The van der Waals surface area contributed by atoms with E-state index >= 15 is 0 Å². The van der Waals surface area contributed by atoms with Crippen LogP contribution >= 0.6 is 22.6 Å². The minimum absolute atomic E-state index is 0.218. The Balaban J connectivity index is 3.17. The van der Waals surface area contributed by atoms with Gasteiger partial charge in [-0.05, 0) is 40.8 Å². The van der Waals surface area contributed by atoms with Crippen molar-refractivity contribution in [2.75, 3.05) is 5.73 Å². The fraction of sp³-hybridized carbons (Fsp3) is 0. The standard InChI is InChI=1S/C6H5FIN/c7-5-2-1-4(9)3-6(5)8/h1-3H,9H2. The summed E-state index contributed by atoms with van der Waals surface area (Å²) in [7, 11) is 0. The lowest BCUT2D eigenvalue weighted by Crippen LogP contribution is -1.87. The van der Waals surface area contributed by atoms with Crippen LogP contribution in [-0.2, 0) is 0 Å². The lowest BCUT2D eigenvalue weighted by atomic mass is 10.3. The molecular weight excluding hydrogens is 232 g/mol. The molecule has 1 aromatic rings. The number of halogens is 2. The number of hydrogen-bond acceptors (Lipinski definition) is 1. The van der Waals surface area contributed by atoms with E-state index in [1.165, 1.54) is 12.1 Å². The van der Waals surface area contributed by atoms with Crippen molar-refractivity contribution in [3.63, 3.8) is 0 Å². The highest BCUT2D eigenvalue weighted by molar-refractivity contribution is 14.1. The Kier molecular flexibility index (Phi) is 1.90. The van der Waals surface area contributed by atoms with Gasteiger partial charge in [-0.15, -0.1) is 0 Å². The average Bonchev–Trinajstić information content (AvgIpc) is 1.80. The van der Waals surface area contributed by atoms with Gasteiger partial charge in [-0.1, -0.05) is 0 Å². The highest BCUT2D eigenvalue weighted by Gasteiger charge is 1.95. The Morgan fingerprint density at radius 1 is 1.44 bits per heavy atom. The molecule has 0 aliphatic rings. The molecule has 1 nitrogen and oxygen atoms in total. The normalized spacial score (nSPS) is 9.56. The molecule has 0 bridgehead atoms. The Bertz CT molecular complexity index is 224. The summed E-state index contributed by atoms with van der Waals surface area (Å²) < 4.78 is 13.0. The molecule has 0 heterocycles. The molecule has 48 valence electrons. The van der Waals surface area contributed by atoms with Crippen LogP contribution in [0.4, 0.5) is 10.1 Å². The average molecular weight is 237 g/mol. The van der Waals surface area contributed by atoms with Crippen molar-refractivity contribution in [2.45, 2.75) is 0 Å². The van der Waals surface area contributed by atoms with E-state index in [9.17, 15) is 4.39 Å². The molecule has 0 unspecified atom stereocenters. The second-order valence-corrected chi connectivity index (χ2v) is 2.84. The quantitative estimate of drug-likeness (QED) is 0.542. The van der Waals surface area contributed by atoms with E-state index in [2.05, 4.69) is 0 Å². The number of hydrogen-bond donors (Lipinski definition) is 1. The van der Waals surface area contributed by atoms with Gasteiger partial charge in [-0.2, -0.15) is 0 Å². The van der Waals surface area contributed by atoms with Crippen LogP contribution in [0.15, 0.2) is 18.2 Å². The third kappa shape index (κ3) is 1.54. The number of benzene rings is 1. The van der Waals surface area contributed by atoms with Crippen molar-refractivity contribution in [1.29, 1.82) is 0 Å². The van der Waals surface area contributed by atoms with Crippen LogP contribution in [0.5, 0.6) is 0 Å². The van der Waals surface area contributed by atoms with Gasteiger partial charge in [-0.25, -0.2) is 4.39 Å². The Morgan fingerprint density at radius 2 is 2.11 bits per heavy atom. The van der Waals surface area contributed by atoms with Crippen molar-refractivity contribution >= 4 is 28.3 Å². The van der Waals surface area contributed by atoms with Crippen LogP contribution in [0.1, 0.15) is 0 Å². The second kappa shape index (κ2) is 2.51. The molecule has 0 spiro atoms. The number of anilines is 1. The molecule has 1 rings (SSSR count). The predicted molar refractivity (Wildman–Crippen MR) is 43.5 cm³/mol. The van der Waals surface area contributed by atoms with Crippen LogP contribution in [0.3, 0.4) is 0 Å². The van der Waals surface area contributed by atoms with E-state index in [0.29, 0.717) is 9.26 Å². The van der Waals surface area contributed by atoms with Gasteiger partial charge >= 0.3 is 0 Å². The maximum Gasteiger partial charge on any atom is 0.136 e. The molecule has 3 heteroatoms. The molecule has 0 aromatic heterocycles. The fourth-order valence-electron chi connectivity index (χ4n) is 0.512. The fourth-order valence-corrected chi connectivity index (χ4v) is 1.05. The zero-order valence-corrected chi connectivity index (χ0v) is 6.72. The second-order valence-electron chi connectivity index (χ2n) is 1.67. The first-order valence-electron chi connectivity index (χ1n) is 2.40. The van der Waals surface area contributed by atoms with Gasteiger partial charge in [0.25, 0.3) is 0 Å². The SMILES string of the molecule is Nc1ccc(F)c(I)c1. The summed E-state index contributed by atoms with van der Waals surface area (Å²) in [5.41, 5.74) is 5.95.